The van der Waals surface area contributed by atoms with Crippen LogP contribution < -0.4 is 36.3 Å². The van der Waals surface area contributed by atoms with Gasteiger partial charge in [-0.05, 0) is 0 Å². The van der Waals surface area contributed by atoms with E-state index in [0.717, 1.165) is 22.2 Å². The van der Waals surface area contributed by atoms with Crippen molar-refractivity contribution in [1.82, 2.24) is 15.0 Å². The summed E-state index contributed by atoms with van der Waals surface area (Å²) in [6, 6.07) is 6.77. The van der Waals surface area contributed by atoms with Crippen LogP contribution in [-0.4, -0.2) is 40.4 Å². The molecule has 0 radical (unpaired) electrons. The molecule has 0 atom stereocenters. The van der Waals surface area contributed by atoms with Gasteiger partial charge in [-0.1, -0.05) is 0 Å². The zero-order valence-corrected chi connectivity index (χ0v) is 20.3. The van der Waals surface area contributed by atoms with Gasteiger partial charge < -0.3 is 4.74 Å². The number of nitrogens with one attached hydrogen (secondary N) is 1. The Balaban J connectivity index is 1.65. The third-order valence-electron chi connectivity index (χ3n) is 4.62. The molecule has 33 heavy (non-hydrogen) atoms. The summed E-state index contributed by atoms with van der Waals surface area (Å²) in [6.07, 6.45) is 3.54. The molecule has 0 spiro atoms. The van der Waals surface area contributed by atoms with Crippen LogP contribution in [0.5, 0.6) is 11.5 Å². The topological polar surface area (TPSA) is 81.5 Å². The summed E-state index contributed by atoms with van der Waals surface area (Å²) in [5.74, 6) is 1.19. The first-order chi connectivity index (χ1) is 15.8. The average Bonchev–Trinajstić information content (AvgIpc) is 3.00. The van der Waals surface area contributed by atoms with E-state index >= 15 is 0 Å². The number of halogens is 3. The maximum atomic E-state index is 13.1. The third kappa shape index (κ3) is 5.81. The van der Waals surface area contributed by atoms with Crippen LogP contribution in [0.15, 0.2) is 61.8 Å². The molecule has 2 aromatic heterocycles. The predicted octanol–water partition coefficient (Wildman–Crippen LogP) is 2.02. The van der Waals surface area contributed by atoms with Gasteiger partial charge in [0.25, 0.3) is 0 Å². The SMILES string of the molecule is COc1cc(-c2ccc(OC(C)(F)F)cn2)cc2c(NCC3=C[I-]N=C(C)C=C3)ncnc12. The van der Waals surface area contributed by atoms with Crippen molar-refractivity contribution in [3.63, 3.8) is 0 Å². The van der Waals surface area contributed by atoms with E-state index in [1.807, 2.05) is 19.1 Å². The Bertz CT molecular complexity index is 1250. The van der Waals surface area contributed by atoms with E-state index in [-0.39, 0.29) is 27.2 Å². The first-order valence-corrected chi connectivity index (χ1v) is 12.2. The van der Waals surface area contributed by atoms with Gasteiger partial charge in [-0.3, -0.25) is 0 Å². The van der Waals surface area contributed by atoms with E-state index < -0.39 is 6.11 Å². The molecule has 4 rings (SSSR count). The summed E-state index contributed by atoms with van der Waals surface area (Å²) in [7, 11) is 1.56. The Kier molecular flexibility index (Phi) is 6.82. The molecule has 0 unspecified atom stereocenters. The molecule has 10 heteroatoms. The van der Waals surface area contributed by atoms with Crippen LogP contribution in [0.2, 0.25) is 0 Å². The predicted molar refractivity (Wildman–Crippen MR) is 119 cm³/mol. The van der Waals surface area contributed by atoms with Crippen molar-refractivity contribution >= 4 is 22.4 Å². The fourth-order valence-corrected chi connectivity index (χ4v) is 4.66. The molecule has 1 aliphatic rings. The van der Waals surface area contributed by atoms with E-state index in [2.05, 4.69) is 38.4 Å². The fraction of sp³-hybridized carbons (Fsp3) is 0.217. The van der Waals surface area contributed by atoms with Crippen molar-refractivity contribution in [3.05, 3.63) is 58.6 Å². The number of pyridine rings is 1. The minimum absolute atomic E-state index is 0.0172. The van der Waals surface area contributed by atoms with Crippen LogP contribution in [0.25, 0.3) is 22.2 Å². The Hall–Kier alpha value is -3.15. The number of allylic oxidation sites excluding steroid dienone is 1. The van der Waals surface area contributed by atoms with E-state index in [4.69, 9.17) is 4.74 Å². The minimum atomic E-state index is -3.28. The number of alkyl halides is 2. The molecule has 0 fully saturated rings. The number of benzene rings is 1. The van der Waals surface area contributed by atoms with Gasteiger partial charge >= 0.3 is 180 Å². The number of hydrogen-bond acceptors (Lipinski definition) is 7. The first kappa shape index (κ1) is 23.0. The number of fused-ring (bicyclic) bond motifs is 1. The summed E-state index contributed by atoms with van der Waals surface area (Å²) in [6.45, 7) is 3.26. The monoisotopic (exact) mass is 564 g/mol. The molecule has 1 N–H and O–H groups in total. The maximum absolute atomic E-state index is 13.1. The Morgan fingerprint density at radius 3 is 2.70 bits per heavy atom. The second kappa shape index (κ2) is 9.77. The van der Waals surface area contributed by atoms with Crippen molar-refractivity contribution in [2.45, 2.75) is 20.0 Å². The summed E-state index contributed by atoms with van der Waals surface area (Å²) in [4.78, 5) is 13.1. The van der Waals surface area contributed by atoms with Crippen LogP contribution >= 0.6 is 0 Å². The second-order valence-corrected chi connectivity index (χ2v) is 8.94. The number of anilines is 1. The number of rotatable bonds is 7. The first-order valence-electron chi connectivity index (χ1n) is 9.97. The normalized spacial score (nSPS) is 14.1. The summed E-state index contributed by atoms with van der Waals surface area (Å²) >= 11 is -0.362. The van der Waals surface area contributed by atoms with Crippen LogP contribution in [0.1, 0.15) is 13.8 Å². The summed E-state index contributed by atoms with van der Waals surface area (Å²) < 4.78 is 43.0. The molecule has 3 aromatic rings. The average molecular weight is 564 g/mol. The molecule has 0 saturated carbocycles. The zero-order valence-electron chi connectivity index (χ0n) is 18.1. The Labute approximate surface area is 200 Å². The molecule has 1 aliphatic heterocycles. The van der Waals surface area contributed by atoms with Gasteiger partial charge in [0.05, 0.1) is 0 Å². The number of aromatic nitrogens is 3. The van der Waals surface area contributed by atoms with Gasteiger partial charge in [-0.25, -0.2) is 0 Å². The number of nitrogens with zero attached hydrogens (tertiary/aromatic N) is 4. The van der Waals surface area contributed by atoms with Gasteiger partial charge in [0.1, 0.15) is 0 Å². The molecule has 0 amide bonds. The summed E-state index contributed by atoms with van der Waals surface area (Å²) in [5, 5.41) is 4.14. The fourth-order valence-electron chi connectivity index (χ4n) is 3.14. The standard InChI is InChI=1S/C23H21F2IN5O2/c1-14-4-5-15(10-26-31-14)11-28-22-18-8-16(9-20(32-3)21(18)29-13-30-22)19-7-6-17(12-27-19)33-23(2,24)25/h4-10,12-13H,11H2,1-3H3,(H,28,29,30)/q-1. The molecule has 0 bridgehead atoms. The summed E-state index contributed by atoms with van der Waals surface area (Å²) in [5.41, 5.74) is 4.13. The van der Waals surface area contributed by atoms with Crippen LogP contribution in [-0.2, 0) is 0 Å². The van der Waals surface area contributed by atoms with Crippen molar-refractivity contribution in [2.75, 3.05) is 19.0 Å². The van der Waals surface area contributed by atoms with Gasteiger partial charge in [-0.2, -0.15) is 8.78 Å². The molecule has 1 aromatic carbocycles. The molecule has 172 valence electrons. The molecular formula is C23H21F2IN5O2-. The van der Waals surface area contributed by atoms with Gasteiger partial charge in [0.15, 0.2) is 0 Å². The molecule has 0 aliphatic carbocycles. The van der Waals surface area contributed by atoms with Crippen molar-refractivity contribution in [2.24, 2.45) is 3.21 Å². The van der Waals surface area contributed by atoms with Crippen molar-refractivity contribution in [3.8, 4) is 22.8 Å². The van der Waals surface area contributed by atoms with Crippen molar-refractivity contribution < 1.29 is 39.7 Å². The Morgan fingerprint density at radius 2 is 1.97 bits per heavy atom. The quantitative estimate of drug-likeness (QED) is 0.443. The molecular weight excluding hydrogens is 543 g/mol. The van der Waals surface area contributed by atoms with E-state index in [1.165, 1.54) is 18.6 Å². The number of hydrogen-bond donors (Lipinski definition) is 1. The Morgan fingerprint density at radius 1 is 1.12 bits per heavy atom. The van der Waals surface area contributed by atoms with Gasteiger partial charge in [0, 0.05) is 6.92 Å². The van der Waals surface area contributed by atoms with Gasteiger partial charge in [-0.15, -0.1) is 0 Å². The number of methoxy groups -OCH3 is 1. The second-order valence-electron chi connectivity index (χ2n) is 7.28. The molecule has 0 saturated heterocycles. The molecule has 3 heterocycles. The number of ether oxygens (including phenoxy) is 2. The van der Waals surface area contributed by atoms with Crippen LogP contribution in [0, 0.1) is 0 Å². The van der Waals surface area contributed by atoms with Crippen LogP contribution in [0.3, 0.4) is 0 Å². The van der Waals surface area contributed by atoms with Crippen molar-refractivity contribution in [1.29, 1.82) is 0 Å². The zero-order chi connectivity index (χ0) is 23.4. The van der Waals surface area contributed by atoms with E-state index in [1.54, 1.807) is 19.2 Å². The van der Waals surface area contributed by atoms with Crippen LogP contribution in [0.4, 0.5) is 14.6 Å². The molecule has 7 nitrogen and oxygen atoms in total. The van der Waals surface area contributed by atoms with E-state index in [0.29, 0.717) is 36.2 Å². The third-order valence-corrected chi connectivity index (χ3v) is 6.74. The van der Waals surface area contributed by atoms with Gasteiger partial charge in [0.2, 0.25) is 0 Å². The van der Waals surface area contributed by atoms with E-state index in [9.17, 15) is 8.78 Å².